The van der Waals surface area contributed by atoms with E-state index >= 15 is 0 Å². The molecule has 4 atom stereocenters. The molecule has 3 nitrogen and oxygen atoms in total. The minimum atomic E-state index is -0.650. The van der Waals surface area contributed by atoms with Crippen molar-refractivity contribution in [1.29, 1.82) is 0 Å². The van der Waals surface area contributed by atoms with E-state index in [1.807, 2.05) is 44.2 Å². The van der Waals surface area contributed by atoms with Crippen LogP contribution in [0.2, 0.25) is 10.0 Å². The minimum Gasteiger partial charge on any atom is -0.297 e. The van der Waals surface area contributed by atoms with Crippen molar-refractivity contribution in [2.45, 2.75) is 45.1 Å². The zero-order valence-electron chi connectivity index (χ0n) is 17.5. The fraction of sp³-hybridized carbons (Fsp3) is 0.360. The number of piperidine rings is 1. The van der Waals surface area contributed by atoms with Crippen LogP contribution in [0.3, 0.4) is 0 Å². The first kappa shape index (κ1) is 22.7. The molecule has 1 unspecified atom stereocenters. The Kier molecular flexibility index (Phi) is 6.86. The van der Waals surface area contributed by atoms with Gasteiger partial charge in [0.1, 0.15) is 5.69 Å². The third kappa shape index (κ3) is 3.99. The van der Waals surface area contributed by atoms with Crippen LogP contribution in [0, 0.1) is 5.41 Å². The quantitative estimate of drug-likeness (QED) is 0.274. The van der Waals surface area contributed by atoms with E-state index < -0.39 is 11.5 Å². The van der Waals surface area contributed by atoms with Gasteiger partial charge in [0.05, 0.1) is 12.0 Å². The van der Waals surface area contributed by atoms with E-state index in [9.17, 15) is 9.59 Å². The molecule has 1 aliphatic heterocycles. The summed E-state index contributed by atoms with van der Waals surface area (Å²) in [6.07, 6.45) is 4.52. The lowest BCUT2D eigenvalue weighted by Crippen LogP contribution is -2.69. The number of halogens is 2. The summed E-state index contributed by atoms with van der Waals surface area (Å²) >= 11 is 12.4. The summed E-state index contributed by atoms with van der Waals surface area (Å²) in [4.78, 5) is 26.4. The Morgan fingerprint density at radius 2 is 1.90 bits per heavy atom. The van der Waals surface area contributed by atoms with E-state index in [1.54, 1.807) is 18.2 Å². The molecule has 0 bridgehead atoms. The summed E-state index contributed by atoms with van der Waals surface area (Å²) in [6.45, 7) is 8.35. The van der Waals surface area contributed by atoms with Crippen molar-refractivity contribution in [2.75, 3.05) is 6.54 Å². The number of quaternary nitrogens is 1. The molecule has 1 fully saturated rings. The molecule has 1 saturated heterocycles. The van der Waals surface area contributed by atoms with Gasteiger partial charge in [0.15, 0.2) is 12.3 Å². The zero-order valence-corrected chi connectivity index (χ0v) is 19.0. The number of benzene rings is 2. The first-order valence-corrected chi connectivity index (χ1v) is 11.1. The molecule has 2 aromatic carbocycles. The van der Waals surface area contributed by atoms with Crippen LogP contribution in [-0.2, 0) is 9.59 Å². The first-order valence-electron chi connectivity index (χ1n) is 10.3. The normalized spacial score (nSPS) is 27.5. The second kappa shape index (κ2) is 9.05. The molecule has 5 heteroatoms. The second-order valence-electron chi connectivity index (χ2n) is 8.45. The molecule has 158 valence electrons. The van der Waals surface area contributed by atoms with Gasteiger partial charge in [-0.2, -0.15) is 0 Å². The van der Waals surface area contributed by atoms with Crippen LogP contribution in [-0.4, -0.2) is 24.8 Å². The molecular weight excluding hydrogens is 417 g/mol. The van der Waals surface area contributed by atoms with Crippen LogP contribution >= 0.6 is 23.2 Å². The van der Waals surface area contributed by atoms with Crippen molar-refractivity contribution in [3.8, 4) is 0 Å². The Hall–Kier alpha value is -1.94. The van der Waals surface area contributed by atoms with E-state index in [1.165, 1.54) is 0 Å². The Morgan fingerprint density at radius 1 is 1.20 bits per heavy atom. The minimum absolute atomic E-state index is 0.0152. The fourth-order valence-corrected chi connectivity index (χ4v) is 5.32. The van der Waals surface area contributed by atoms with Crippen LogP contribution in [0.4, 0.5) is 5.69 Å². The summed E-state index contributed by atoms with van der Waals surface area (Å²) in [5.41, 5.74) is 1.23. The van der Waals surface area contributed by atoms with Crippen LogP contribution in [0.5, 0.6) is 0 Å². The van der Waals surface area contributed by atoms with E-state index in [0.717, 1.165) is 17.5 Å². The van der Waals surface area contributed by atoms with Crippen molar-refractivity contribution < 1.29 is 9.59 Å². The largest absolute Gasteiger partial charge is 0.325 e. The predicted octanol–water partition coefficient (Wildman–Crippen LogP) is 6.57. The number of likely N-dealkylation sites (tertiary alicyclic amines) is 1. The van der Waals surface area contributed by atoms with Crippen molar-refractivity contribution in [1.82, 2.24) is 4.48 Å². The summed E-state index contributed by atoms with van der Waals surface area (Å²) in [5, 5.41) is 1.27. The molecule has 0 spiro atoms. The number of carbonyl (C=O) groups is 2. The molecule has 1 aliphatic rings. The molecule has 0 aliphatic carbocycles. The predicted molar refractivity (Wildman–Crippen MR) is 125 cm³/mol. The van der Waals surface area contributed by atoms with E-state index in [4.69, 9.17) is 23.2 Å². The molecule has 0 saturated carbocycles. The summed E-state index contributed by atoms with van der Waals surface area (Å²) in [6, 6.07) is 14.7. The van der Waals surface area contributed by atoms with Gasteiger partial charge in [-0.25, -0.2) is 9.28 Å². The fourth-order valence-electron chi connectivity index (χ4n) is 5.00. The highest BCUT2D eigenvalue weighted by molar-refractivity contribution is 6.31. The summed E-state index contributed by atoms with van der Waals surface area (Å²) in [5.74, 6) is 0.123. The Labute approximate surface area is 188 Å². The number of aldehydes is 1. The van der Waals surface area contributed by atoms with Crippen molar-refractivity contribution in [3.63, 3.8) is 0 Å². The summed E-state index contributed by atoms with van der Waals surface area (Å²) in [7, 11) is 0. The highest BCUT2D eigenvalue weighted by Crippen LogP contribution is 2.48. The number of nitrogens with zero attached hydrogens (tertiary/aromatic N) is 1. The number of amides is 1. The van der Waals surface area contributed by atoms with Crippen LogP contribution in [0.15, 0.2) is 61.2 Å². The molecule has 0 aromatic heterocycles. The average molecular weight is 445 g/mol. The van der Waals surface area contributed by atoms with Gasteiger partial charge >= 0.3 is 5.91 Å². The second-order valence-corrected chi connectivity index (χ2v) is 9.33. The molecule has 1 heterocycles. The molecule has 30 heavy (non-hydrogen) atoms. The van der Waals surface area contributed by atoms with Gasteiger partial charge in [-0.15, -0.1) is 6.58 Å². The zero-order chi connectivity index (χ0) is 21.9. The molecule has 0 N–H and O–H groups in total. The molecule has 1 amide bonds. The average Bonchev–Trinajstić information content (AvgIpc) is 2.72. The maximum atomic E-state index is 14.2. The summed E-state index contributed by atoms with van der Waals surface area (Å²) < 4.78 is -0.0152. The molecule has 3 rings (SSSR count). The SMILES string of the molecule is C=CC[C@]1(C)C[C@H](c2cccc(Cl)c2)C[N@@+](c2ccc(Cl)cc2)(C(C=O)CC)C1=O. The molecular formula is C25H28Cl2NO2+. The van der Waals surface area contributed by atoms with E-state index in [0.29, 0.717) is 35.9 Å². The van der Waals surface area contributed by atoms with Gasteiger partial charge < -0.3 is 0 Å². The van der Waals surface area contributed by atoms with Crippen molar-refractivity contribution in [2.24, 2.45) is 5.41 Å². The highest BCUT2D eigenvalue weighted by Gasteiger charge is 2.58. The number of rotatable bonds is 7. The Bertz CT molecular complexity index is 942. The van der Waals surface area contributed by atoms with E-state index in [2.05, 4.69) is 12.6 Å². The maximum absolute atomic E-state index is 14.2. The van der Waals surface area contributed by atoms with Gasteiger partial charge in [-0.3, -0.25) is 4.79 Å². The van der Waals surface area contributed by atoms with Crippen molar-refractivity contribution >= 4 is 41.1 Å². The van der Waals surface area contributed by atoms with Gasteiger partial charge in [0.25, 0.3) is 0 Å². The van der Waals surface area contributed by atoms with Gasteiger partial charge in [-0.05, 0) is 49.6 Å². The number of hydrogen-bond acceptors (Lipinski definition) is 2. The van der Waals surface area contributed by atoms with Crippen LogP contribution in [0.1, 0.15) is 44.6 Å². The van der Waals surface area contributed by atoms with E-state index in [-0.39, 0.29) is 16.3 Å². The highest BCUT2D eigenvalue weighted by atomic mass is 35.5. The Balaban J connectivity index is 2.25. The lowest BCUT2D eigenvalue weighted by atomic mass is 9.70. The maximum Gasteiger partial charge on any atom is 0.325 e. The molecule has 2 aromatic rings. The van der Waals surface area contributed by atoms with Crippen LogP contribution in [0.25, 0.3) is 0 Å². The third-order valence-electron chi connectivity index (χ3n) is 6.43. The number of carbonyl (C=O) groups excluding carboxylic acids is 2. The standard InChI is InChI=1S/C25H28Cl2NO2/c1-4-13-25(3)15-19(18-7-6-8-21(27)14-18)16-28(24(25)30,22(5-2)17-29)23-11-9-20(26)10-12-23/h4,6-12,14,17,19,22H,1,5,13,15-16H2,2-3H3/q+1/t19-,22?,25+,28-/m0/s1. The molecule has 0 radical (unpaired) electrons. The van der Waals surface area contributed by atoms with Gasteiger partial charge in [-0.1, -0.05) is 48.3 Å². The Morgan fingerprint density at radius 3 is 2.47 bits per heavy atom. The first-order chi connectivity index (χ1) is 14.3. The monoisotopic (exact) mass is 444 g/mol. The lowest BCUT2D eigenvalue weighted by Gasteiger charge is -2.50. The van der Waals surface area contributed by atoms with Gasteiger partial charge in [0, 0.05) is 34.5 Å². The number of hydrogen-bond donors (Lipinski definition) is 0. The lowest BCUT2D eigenvalue weighted by molar-refractivity contribution is -0.149. The number of allylic oxidation sites excluding steroid dienone is 1. The van der Waals surface area contributed by atoms with Crippen LogP contribution < -0.4 is 4.48 Å². The topological polar surface area (TPSA) is 34.1 Å². The smallest absolute Gasteiger partial charge is 0.297 e. The third-order valence-corrected chi connectivity index (χ3v) is 6.91. The van der Waals surface area contributed by atoms with Crippen molar-refractivity contribution in [3.05, 3.63) is 76.8 Å². The van der Waals surface area contributed by atoms with Gasteiger partial charge in [0.2, 0.25) is 0 Å².